The second-order valence-corrected chi connectivity index (χ2v) is 8.27. The molecule has 2 atom stereocenters. The topological polar surface area (TPSA) is 64.6 Å². The van der Waals surface area contributed by atoms with E-state index >= 15 is 0 Å². The van der Waals surface area contributed by atoms with Crippen molar-refractivity contribution in [3.8, 4) is 5.75 Å². The summed E-state index contributed by atoms with van der Waals surface area (Å²) in [6.07, 6.45) is 1.06. The maximum atomic E-state index is 13.4. The number of nitrogens with one attached hydrogen (secondary N) is 1. The zero-order valence-electron chi connectivity index (χ0n) is 17.7. The van der Waals surface area contributed by atoms with Crippen LogP contribution < -0.4 is 10.1 Å². The van der Waals surface area contributed by atoms with Crippen LogP contribution in [-0.4, -0.2) is 26.0 Å². The van der Waals surface area contributed by atoms with E-state index in [-0.39, 0.29) is 11.7 Å². The summed E-state index contributed by atoms with van der Waals surface area (Å²) in [6, 6.07) is 15.1. The number of hydrogen-bond acceptors (Lipinski definition) is 5. The van der Waals surface area contributed by atoms with Gasteiger partial charge < -0.3 is 14.8 Å². The monoisotopic (exact) mass is 437 g/mol. The molecule has 1 aliphatic heterocycles. The highest BCUT2D eigenvalue weighted by Gasteiger charge is 2.41. The molecule has 0 saturated heterocycles. The zero-order chi connectivity index (χ0) is 22.1. The van der Waals surface area contributed by atoms with E-state index in [2.05, 4.69) is 5.32 Å². The number of halogens is 1. The summed E-state index contributed by atoms with van der Waals surface area (Å²) >= 11 is 6.03. The van der Waals surface area contributed by atoms with Crippen LogP contribution in [-0.2, 0) is 14.3 Å². The smallest absolute Gasteiger partial charge is 0.336 e. The Kier molecular flexibility index (Phi) is 5.88. The van der Waals surface area contributed by atoms with Crippen molar-refractivity contribution in [3.63, 3.8) is 0 Å². The third-order valence-corrected chi connectivity index (χ3v) is 6.28. The van der Waals surface area contributed by atoms with Crippen molar-refractivity contribution in [2.24, 2.45) is 0 Å². The average molecular weight is 438 g/mol. The van der Waals surface area contributed by atoms with E-state index in [4.69, 9.17) is 21.1 Å². The van der Waals surface area contributed by atoms with Crippen molar-refractivity contribution in [1.82, 2.24) is 5.32 Å². The first kappa shape index (κ1) is 21.2. The van der Waals surface area contributed by atoms with Crippen LogP contribution in [0.1, 0.15) is 42.7 Å². The van der Waals surface area contributed by atoms with Gasteiger partial charge >= 0.3 is 5.97 Å². The maximum absolute atomic E-state index is 13.4. The lowest BCUT2D eigenvalue weighted by Crippen LogP contribution is -2.36. The summed E-state index contributed by atoms with van der Waals surface area (Å²) in [6.45, 7) is 1.85. The lowest BCUT2D eigenvalue weighted by molar-refractivity contribution is -0.136. The molecule has 6 heteroatoms. The van der Waals surface area contributed by atoms with E-state index in [9.17, 15) is 9.59 Å². The molecular weight excluding hydrogens is 414 g/mol. The molecule has 0 radical (unpaired) electrons. The van der Waals surface area contributed by atoms with Crippen LogP contribution in [0.5, 0.6) is 5.75 Å². The van der Waals surface area contributed by atoms with Crippen LogP contribution in [0.4, 0.5) is 0 Å². The minimum absolute atomic E-state index is 0.0309. The summed E-state index contributed by atoms with van der Waals surface area (Å²) in [5, 5.41) is 4.00. The Morgan fingerprint density at radius 3 is 2.26 bits per heavy atom. The van der Waals surface area contributed by atoms with Crippen LogP contribution in [0.3, 0.4) is 0 Å². The number of benzene rings is 2. The van der Waals surface area contributed by atoms with Crippen LogP contribution >= 0.6 is 11.6 Å². The summed E-state index contributed by atoms with van der Waals surface area (Å²) in [4.78, 5) is 26.1. The van der Waals surface area contributed by atoms with Gasteiger partial charge in [-0.3, -0.25) is 4.79 Å². The molecular formula is C25H24ClNO4. The van der Waals surface area contributed by atoms with Crippen LogP contribution in [0.15, 0.2) is 71.1 Å². The van der Waals surface area contributed by atoms with Crippen molar-refractivity contribution in [3.05, 3.63) is 87.2 Å². The van der Waals surface area contributed by atoms with Gasteiger partial charge in [-0.25, -0.2) is 4.79 Å². The summed E-state index contributed by atoms with van der Waals surface area (Å²) < 4.78 is 10.3. The van der Waals surface area contributed by atoms with Gasteiger partial charge in [-0.1, -0.05) is 35.9 Å². The number of ether oxygens (including phenoxy) is 2. The molecule has 1 aliphatic carbocycles. The SMILES string of the molecule is COC(=O)C1=C(C)NC2=C(C(=O)C[C@@H](c3ccc(Cl)cc3)C2)[C@H]1c1ccc(OC)cc1. The molecule has 2 aromatic carbocycles. The Morgan fingerprint density at radius 1 is 1.00 bits per heavy atom. The second-order valence-electron chi connectivity index (χ2n) is 7.83. The molecule has 0 saturated carbocycles. The van der Waals surface area contributed by atoms with E-state index in [1.807, 2.05) is 55.5 Å². The van der Waals surface area contributed by atoms with Gasteiger partial charge in [-0.15, -0.1) is 0 Å². The van der Waals surface area contributed by atoms with E-state index in [0.717, 1.165) is 16.8 Å². The molecule has 0 spiro atoms. The van der Waals surface area contributed by atoms with E-state index < -0.39 is 11.9 Å². The van der Waals surface area contributed by atoms with Gasteiger partial charge in [0.05, 0.1) is 19.8 Å². The number of esters is 1. The van der Waals surface area contributed by atoms with Crippen LogP contribution in [0, 0.1) is 0 Å². The number of Topliss-reactive ketones (excluding diaryl/α,β-unsaturated/α-hetero) is 1. The number of hydrogen-bond donors (Lipinski definition) is 1. The molecule has 0 aromatic heterocycles. The Balaban J connectivity index is 1.78. The Morgan fingerprint density at radius 2 is 1.65 bits per heavy atom. The standard InChI is InChI=1S/C25H24ClNO4/c1-14-22(25(29)31-3)23(16-6-10-19(30-2)11-7-16)24-20(27-14)12-17(13-21(24)28)15-4-8-18(26)9-5-15/h4-11,17,23,27H,12-13H2,1-3H3/t17-,23-/m0/s1. The zero-order valence-corrected chi connectivity index (χ0v) is 18.5. The first-order valence-corrected chi connectivity index (χ1v) is 10.5. The largest absolute Gasteiger partial charge is 0.497 e. The first-order chi connectivity index (χ1) is 14.9. The Labute approximate surface area is 186 Å². The number of ketones is 1. The van der Waals surface area contributed by atoms with Gasteiger partial charge in [-0.2, -0.15) is 0 Å². The summed E-state index contributed by atoms with van der Waals surface area (Å²) in [5.41, 5.74) is 4.60. The fraction of sp³-hybridized carbons (Fsp3) is 0.280. The molecule has 0 unspecified atom stereocenters. The second kappa shape index (κ2) is 8.60. The van der Waals surface area contributed by atoms with E-state index in [0.29, 0.717) is 40.5 Å². The molecule has 1 N–H and O–H groups in total. The summed E-state index contributed by atoms with van der Waals surface area (Å²) in [7, 11) is 2.96. The van der Waals surface area contributed by atoms with Crippen molar-refractivity contribution >= 4 is 23.4 Å². The van der Waals surface area contributed by atoms with Gasteiger partial charge in [0.15, 0.2) is 5.78 Å². The van der Waals surface area contributed by atoms with Crippen molar-refractivity contribution in [1.29, 1.82) is 0 Å². The third kappa shape index (κ3) is 3.98. The minimum Gasteiger partial charge on any atom is -0.497 e. The van der Waals surface area contributed by atoms with E-state index in [1.54, 1.807) is 7.11 Å². The molecule has 1 heterocycles. The fourth-order valence-corrected chi connectivity index (χ4v) is 4.65. The minimum atomic E-state index is -0.478. The van der Waals surface area contributed by atoms with Gasteiger partial charge in [0.1, 0.15) is 5.75 Å². The normalized spacial score (nSPS) is 20.8. The number of methoxy groups -OCH3 is 2. The first-order valence-electron chi connectivity index (χ1n) is 10.1. The lowest BCUT2D eigenvalue weighted by Gasteiger charge is -2.36. The van der Waals surface area contributed by atoms with Gasteiger partial charge in [0, 0.05) is 34.3 Å². The highest BCUT2D eigenvalue weighted by atomic mass is 35.5. The molecule has 4 rings (SSSR count). The highest BCUT2D eigenvalue weighted by molar-refractivity contribution is 6.30. The number of rotatable bonds is 4. The highest BCUT2D eigenvalue weighted by Crippen LogP contribution is 2.45. The third-order valence-electron chi connectivity index (χ3n) is 6.02. The molecule has 5 nitrogen and oxygen atoms in total. The predicted molar refractivity (Wildman–Crippen MR) is 119 cm³/mol. The van der Waals surface area contributed by atoms with Gasteiger partial charge in [-0.05, 0) is 54.7 Å². The Hall–Kier alpha value is -3.05. The summed E-state index contributed by atoms with van der Waals surface area (Å²) in [5.74, 6) is -0.119. The number of dihydropyridines is 1. The lowest BCUT2D eigenvalue weighted by atomic mass is 9.72. The molecule has 2 aliphatic rings. The van der Waals surface area contributed by atoms with Crippen LogP contribution in [0.2, 0.25) is 5.02 Å². The average Bonchev–Trinajstić information content (AvgIpc) is 2.78. The van der Waals surface area contributed by atoms with Crippen molar-refractivity contribution in [2.45, 2.75) is 31.6 Å². The quantitative estimate of drug-likeness (QED) is 0.690. The molecule has 31 heavy (non-hydrogen) atoms. The van der Waals surface area contributed by atoms with Crippen LogP contribution in [0.25, 0.3) is 0 Å². The number of allylic oxidation sites excluding steroid dienone is 3. The van der Waals surface area contributed by atoms with Gasteiger partial charge in [0.2, 0.25) is 0 Å². The molecule has 0 amide bonds. The van der Waals surface area contributed by atoms with Crippen molar-refractivity contribution in [2.75, 3.05) is 14.2 Å². The van der Waals surface area contributed by atoms with Crippen molar-refractivity contribution < 1.29 is 19.1 Å². The van der Waals surface area contributed by atoms with Gasteiger partial charge in [0.25, 0.3) is 0 Å². The fourth-order valence-electron chi connectivity index (χ4n) is 4.52. The molecule has 0 bridgehead atoms. The maximum Gasteiger partial charge on any atom is 0.336 e. The predicted octanol–water partition coefficient (Wildman–Crippen LogP) is 4.88. The number of carbonyl (C=O) groups excluding carboxylic acids is 2. The molecule has 2 aromatic rings. The van der Waals surface area contributed by atoms with E-state index in [1.165, 1.54) is 7.11 Å². The molecule has 0 fully saturated rings. The Bertz CT molecular complexity index is 1080. The molecule has 160 valence electrons. The number of carbonyl (C=O) groups is 2.